The van der Waals surface area contributed by atoms with Crippen LogP contribution in [0, 0.1) is 34.6 Å². The van der Waals surface area contributed by atoms with E-state index in [4.69, 9.17) is 0 Å². The maximum absolute atomic E-state index is 12.2. The summed E-state index contributed by atoms with van der Waals surface area (Å²) in [7, 11) is 0. The first-order valence-corrected chi connectivity index (χ1v) is 7.06. The number of hydrogen-bond acceptors (Lipinski definition) is 2. The van der Waals surface area contributed by atoms with Crippen LogP contribution in [-0.4, -0.2) is 14.5 Å². The van der Waals surface area contributed by atoms with E-state index < -0.39 is 0 Å². The smallest absolute Gasteiger partial charge is 0.260 e. The van der Waals surface area contributed by atoms with Gasteiger partial charge in [-0.15, -0.1) is 0 Å². The second kappa shape index (κ2) is 4.58. The van der Waals surface area contributed by atoms with Crippen molar-refractivity contribution in [1.29, 1.82) is 0 Å². The molecule has 0 spiro atoms. The van der Waals surface area contributed by atoms with Gasteiger partial charge in [0.25, 0.3) is 5.56 Å². The molecular weight excluding hydrogens is 262 g/mol. The van der Waals surface area contributed by atoms with Gasteiger partial charge in [-0.1, -0.05) is 17.7 Å². The van der Waals surface area contributed by atoms with Crippen molar-refractivity contribution in [2.45, 2.75) is 34.6 Å². The summed E-state index contributed by atoms with van der Waals surface area (Å²) < 4.78 is 2.08. The first kappa shape index (κ1) is 13.6. The van der Waals surface area contributed by atoms with Crippen molar-refractivity contribution in [3.05, 3.63) is 56.8 Å². The molecule has 21 heavy (non-hydrogen) atoms. The number of fused-ring (bicyclic) bond motifs is 1. The summed E-state index contributed by atoms with van der Waals surface area (Å²) in [5.41, 5.74) is 6.19. The van der Waals surface area contributed by atoms with E-state index in [0.717, 1.165) is 22.6 Å². The third kappa shape index (κ3) is 1.98. The third-order valence-electron chi connectivity index (χ3n) is 4.08. The predicted molar refractivity (Wildman–Crippen MR) is 85.4 cm³/mol. The van der Waals surface area contributed by atoms with Crippen LogP contribution in [0.4, 0.5) is 0 Å². The monoisotopic (exact) mass is 281 g/mol. The molecule has 0 amide bonds. The van der Waals surface area contributed by atoms with Gasteiger partial charge in [-0.25, -0.2) is 4.98 Å². The van der Waals surface area contributed by atoms with Crippen molar-refractivity contribution >= 4 is 11.0 Å². The lowest BCUT2D eigenvalue weighted by Crippen LogP contribution is -2.10. The highest BCUT2D eigenvalue weighted by atomic mass is 16.1. The van der Waals surface area contributed by atoms with Crippen molar-refractivity contribution in [1.82, 2.24) is 14.5 Å². The molecule has 4 heteroatoms. The Labute approximate surface area is 123 Å². The first-order valence-electron chi connectivity index (χ1n) is 7.06. The van der Waals surface area contributed by atoms with E-state index in [9.17, 15) is 4.79 Å². The molecule has 0 radical (unpaired) electrons. The van der Waals surface area contributed by atoms with Crippen molar-refractivity contribution in [2.24, 2.45) is 0 Å². The van der Waals surface area contributed by atoms with E-state index >= 15 is 0 Å². The van der Waals surface area contributed by atoms with Crippen molar-refractivity contribution in [2.75, 3.05) is 0 Å². The second-order valence-electron chi connectivity index (χ2n) is 5.69. The van der Waals surface area contributed by atoms with E-state index in [2.05, 4.69) is 46.6 Å². The molecule has 1 aromatic carbocycles. The van der Waals surface area contributed by atoms with Crippen molar-refractivity contribution in [3.8, 4) is 5.69 Å². The molecule has 0 aliphatic heterocycles. The summed E-state index contributed by atoms with van der Waals surface area (Å²) in [5.74, 6) is 0.635. The number of aromatic amines is 1. The van der Waals surface area contributed by atoms with Crippen LogP contribution >= 0.6 is 0 Å². The van der Waals surface area contributed by atoms with Gasteiger partial charge in [0.15, 0.2) is 5.65 Å². The van der Waals surface area contributed by atoms with Crippen LogP contribution in [0.1, 0.15) is 28.2 Å². The zero-order chi connectivity index (χ0) is 15.3. The van der Waals surface area contributed by atoms with Gasteiger partial charge in [0, 0.05) is 5.69 Å². The van der Waals surface area contributed by atoms with Crippen molar-refractivity contribution in [3.63, 3.8) is 0 Å². The number of benzene rings is 1. The van der Waals surface area contributed by atoms with Crippen molar-refractivity contribution < 1.29 is 0 Å². The molecule has 108 valence electrons. The minimum absolute atomic E-state index is 0.0679. The Balaban J connectivity index is 2.48. The fourth-order valence-corrected chi connectivity index (χ4v) is 2.93. The molecule has 2 heterocycles. The highest BCUT2D eigenvalue weighted by Gasteiger charge is 2.17. The summed E-state index contributed by atoms with van der Waals surface area (Å²) in [6.45, 7) is 9.98. The fourth-order valence-electron chi connectivity index (χ4n) is 2.93. The van der Waals surface area contributed by atoms with Gasteiger partial charge in [-0.2, -0.15) is 0 Å². The van der Waals surface area contributed by atoms with Gasteiger partial charge in [0.05, 0.1) is 11.1 Å². The molecule has 4 nitrogen and oxygen atoms in total. The Bertz CT molecular complexity index is 916. The molecule has 3 rings (SSSR count). The minimum Gasteiger partial charge on any atom is -0.310 e. The average Bonchev–Trinajstić information content (AvgIpc) is 2.63. The maximum Gasteiger partial charge on any atom is 0.260 e. The number of aromatic nitrogens is 3. The molecule has 0 atom stereocenters. The lowest BCUT2D eigenvalue weighted by atomic mass is 10.1. The number of aryl methyl sites for hydroxylation is 4. The van der Waals surface area contributed by atoms with E-state index in [-0.39, 0.29) is 5.56 Å². The Hall–Kier alpha value is -2.36. The standard InChI is InChI=1S/C17H19N3O/c1-9-6-7-14(10(2)8-9)20-12(4)11(3)15-16(20)18-13(5)19-17(15)21/h6-8H,1-5H3,(H,18,19,21). The second-order valence-corrected chi connectivity index (χ2v) is 5.69. The number of nitrogens with zero attached hydrogens (tertiary/aromatic N) is 2. The van der Waals surface area contributed by atoms with Crippen LogP contribution < -0.4 is 5.56 Å². The topological polar surface area (TPSA) is 50.7 Å². The van der Waals surface area contributed by atoms with Gasteiger partial charge in [0.1, 0.15) is 5.82 Å². The number of rotatable bonds is 1. The summed E-state index contributed by atoms with van der Waals surface area (Å²) in [6, 6.07) is 6.33. The van der Waals surface area contributed by atoms with E-state index in [1.54, 1.807) is 0 Å². The van der Waals surface area contributed by atoms with Crippen LogP contribution in [0.3, 0.4) is 0 Å². The van der Waals surface area contributed by atoms with Crippen LogP contribution in [-0.2, 0) is 0 Å². The summed E-state index contributed by atoms with van der Waals surface area (Å²) in [6.07, 6.45) is 0. The molecule has 3 aromatic rings. The molecule has 0 unspecified atom stereocenters. The SMILES string of the molecule is Cc1ccc(-n2c(C)c(C)c3c(=O)[nH]c(C)nc32)c(C)c1. The molecule has 0 aliphatic carbocycles. The predicted octanol–water partition coefficient (Wildman–Crippen LogP) is 3.26. The number of nitrogens with one attached hydrogen (secondary N) is 1. The Morgan fingerprint density at radius 2 is 1.81 bits per heavy atom. The van der Waals surface area contributed by atoms with Gasteiger partial charge < -0.3 is 4.98 Å². The van der Waals surface area contributed by atoms with Crippen LogP contribution in [0.5, 0.6) is 0 Å². The summed E-state index contributed by atoms with van der Waals surface area (Å²) in [5, 5.41) is 0.679. The summed E-state index contributed by atoms with van der Waals surface area (Å²) in [4.78, 5) is 19.6. The molecule has 0 saturated carbocycles. The Morgan fingerprint density at radius 3 is 2.48 bits per heavy atom. The number of hydrogen-bond donors (Lipinski definition) is 1. The molecule has 0 bridgehead atoms. The maximum atomic E-state index is 12.2. The quantitative estimate of drug-likeness (QED) is 0.744. The van der Waals surface area contributed by atoms with E-state index in [1.807, 2.05) is 20.8 Å². The molecule has 1 N–H and O–H groups in total. The molecule has 2 aromatic heterocycles. The normalized spacial score (nSPS) is 11.3. The third-order valence-corrected chi connectivity index (χ3v) is 4.08. The van der Waals surface area contributed by atoms with E-state index in [0.29, 0.717) is 11.2 Å². The van der Waals surface area contributed by atoms with Crippen LogP contribution in [0.25, 0.3) is 16.7 Å². The van der Waals surface area contributed by atoms with Gasteiger partial charge in [-0.05, 0) is 51.8 Å². The first-order chi connectivity index (χ1) is 9.90. The van der Waals surface area contributed by atoms with Gasteiger partial charge in [-0.3, -0.25) is 9.36 Å². The van der Waals surface area contributed by atoms with E-state index in [1.165, 1.54) is 11.1 Å². The number of H-pyrrole nitrogens is 1. The average molecular weight is 281 g/mol. The fraction of sp³-hybridized carbons (Fsp3) is 0.294. The Kier molecular flexibility index (Phi) is 2.97. The largest absolute Gasteiger partial charge is 0.310 e. The molecule has 0 fully saturated rings. The zero-order valence-corrected chi connectivity index (χ0v) is 13.0. The van der Waals surface area contributed by atoms with Crippen LogP contribution in [0.2, 0.25) is 0 Å². The zero-order valence-electron chi connectivity index (χ0n) is 13.0. The highest BCUT2D eigenvalue weighted by molar-refractivity contribution is 5.83. The molecule has 0 saturated heterocycles. The van der Waals surface area contributed by atoms with Gasteiger partial charge >= 0.3 is 0 Å². The summed E-state index contributed by atoms with van der Waals surface area (Å²) >= 11 is 0. The Morgan fingerprint density at radius 1 is 1.10 bits per heavy atom. The van der Waals surface area contributed by atoms with Gasteiger partial charge in [0.2, 0.25) is 0 Å². The molecule has 0 aliphatic rings. The highest BCUT2D eigenvalue weighted by Crippen LogP contribution is 2.27. The lowest BCUT2D eigenvalue weighted by Gasteiger charge is -2.12. The minimum atomic E-state index is -0.0679. The van der Waals surface area contributed by atoms with Crippen LogP contribution in [0.15, 0.2) is 23.0 Å². The lowest BCUT2D eigenvalue weighted by molar-refractivity contribution is 0.977. The molecular formula is C17H19N3O.